The molecule has 7 nitrogen and oxygen atoms in total. The third kappa shape index (κ3) is 6.43. The molecule has 0 saturated carbocycles. The Morgan fingerprint density at radius 1 is 1.35 bits per heavy atom. The Bertz CT molecular complexity index is 624. The van der Waals surface area contributed by atoms with Crippen LogP contribution in [0, 0.1) is 10.1 Å². The number of amides is 1. The van der Waals surface area contributed by atoms with Crippen molar-refractivity contribution < 1.29 is 22.9 Å². The summed E-state index contributed by atoms with van der Waals surface area (Å²) in [6.07, 6.45) is -4.66. The Labute approximate surface area is 154 Å². The number of rotatable bonds is 6. The van der Waals surface area contributed by atoms with Crippen LogP contribution >= 0.6 is 12.4 Å². The highest BCUT2D eigenvalue weighted by Gasteiger charge is 2.43. The van der Waals surface area contributed by atoms with Gasteiger partial charge >= 0.3 is 6.18 Å². The number of hydrogen-bond acceptors (Lipinski definition) is 5. The summed E-state index contributed by atoms with van der Waals surface area (Å²) in [5, 5.41) is 16.0. The molecule has 1 aromatic carbocycles. The van der Waals surface area contributed by atoms with Crippen LogP contribution in [0.25, 0.3) is 0 Å². The Morgan fingerprint density at radius 3 is 2.58 bits per heavy atom. The van der Waals surface area contributed by atoms with Crippen LogP contribution in [0.3, 0.4) is 0 Å². The summed E-state index contributed by atoms with van der Waals surface area (Å²) in [6.45, 7) is 0.898. The van der Waals surface area contributed by atoms with Gasteiger partial charge in [-0.2, -0.15) is 13.2 Å². The second-order valence-electron chi connectivity index (χ2n) is 5.75. The van der Waals surface area contributed by atoms with Gasteiger partial charge in [0.15, 0.2) is 0 Å². The standard InChI is InChI=1S/C15H19F3N4O3.ClH/c16-15(17,18)13(21-6-4-19-5-7-21)10-20-14(23)9-11-2-1-3-12(8-11)22(24)25;/h1-3,8,13,19H,4-7,9-10H2,(H,20,23);1H. The first-order valence-electron chi connectivity index (χ1n) is 7.79. The molecular formula is C15H20ClF3N4O3. The Balaban J connectivity index is 0.00000338. The Hall–Kier alpha value is -1.91. The van der Waals surface area contributed by atoms with Crippen LogP contribution in [0.5, 0.6) is 0 Å². The number of halogens is 4. The maximum atomic E-state index is 13.2. The molecule has 1 heterocycles. The average Bonchev–Trinajstić information content (AvgIpc) is 2.55. The Kier molecular flexibility index (Phi) is 8.25. The quantitative estimate of drug-likeness (QED) is 0.562. The van der Waals surface area contributed by atoms with Gasteiger partial charge in [0.2, 0.25) is 5.91 Å². The van der Waals surface area contributed by atoms with Crippen molar-refractivity contribution in [2.75, 3.05) is 32.7 Å². The smallest absolute Gasteiger partial charge is 0.354 e. The monoisotopic (exact) mass is 396 g/mol. The minimum Gasteiger partial charge on any atom is -0.354 e. The number of carbonyl (C=O) groups is 1. The lowest BCUT2D eigenvalue weighted by atomic mass is 10.1. The fraction of sp³-hybridized carbons (Fsp3) is 0.533. The second kappa shape index (κ2) is 9.70. The second-order valence-corrected chi connectivity index (χ2v) is 5.75. The lowest BCUT2D eigenvalue weighted by Crippen LogP contribution is -2.57. The van der Waals surface area contributed by atoms with Crippen LogP contribution in [0.1, 0.15) is 5.56 Å². The fourth-order valence-corrected chi connectivity index (χ4v) is 2.68. The van der Waals surface area contributed by atoms with Crippen LogP contribution in [0.4, 0.5) is 18.9 Å². The summed E-state index contributed by atoms with van der Waals surface area (Å²) in [6, 6.07) is 3.72. The highest BCUT2D eigenvalue weighted by atomic mass is 35.5. The van der Waals surface area contributed by atoms with Crippen molar-refractivity contribution in [3.05, 3.63) is 39.9 Å². The van der Waals surface area contributed by atoms with Crippen LogP contribution < -0.4 is 10.6 Å². The molecule has 146 valence electrons. The van der Waals surface area contributed by atoms with Crippen molar-refractivity contribution in [2.24, 2.45) is 0 Å². The Morgan fingerprint density at radius 2 is 2.00 bits per heavy atom. The number of carbonyl (C=O) groups excluding carboxylic acids is 1. The summed E-state index contributed by atoms with van der Waals surface area (Å²) in [5.41, 5.74) is 0.205. The van der Waals surface area contributed by atoms with E-state index in [2.05, 4.69) is 10.6 Å². The molecule has 11 heteroatoms. The molecule has 1 unspecified atom stereocenters. The summed E-state index contributed by atoms with van der Waals surface area (Å²) >= 11 is 0. The third-order valence-corrected chi connectivity index (χ3v) is 3.95. The van der Waals surface area contributed by atoms with Gasteiger partial charge in [-0.15, -0.1) is 12.4 Å². The summed E-state index contributed by atoms with van der Waals surface area (Å²) in [5.74, 6) is -0.607. The molecule has 1 atom stereocenters. The SMILES string of the molecule is Cl.O=C(Cc1cccc([N+](=O)[O-])c1)NCC(N1CCNCC1)C(F)(F)F. The summed E-state index contributed by atoms with van der Waals surface area (Å²) in [4.78, 5) is 23.3. The van der Waals surface area contributed by atoms with Crippen molar-refractivity contribution >= 4 is 24.0 Å². The first kappa shape index (κ1) is 22.1. The van der Waals surface area contributed by atoms with Gasteiger partial charge in [0.25, 0.3) is 5.69 Å². The zero-order valence-electron chi connectivity index (χ0n) is 13.8. The normalized spacial score (nSPS) is 16.4. The van der Waals surface area contributed by atoms with Crippen LogP contribution in [-0.2, 0) is 11.2 Å². The van der Waals surface area contributed by atoms with E-state index in [0.717, 1.165) is 0 Å². The summed E-state index contributed by atoms with van der Waals surface area (Å²) in [7, 11) is 0. The van der Waals surface area contributed by atoms with E-state index in [0.29, 0.717) is 18.7 Å². The highest BCUT2D eigenvalue weighted by molar-refractivity contribution is 5.85. The van der Waals surface area contributed by atoms with Crippen molar-refractivity contribution in [1.29, 1.82) is 0 Å². The van der Waals surface area contributed by atoms with E-state index >= 15 is 0 Å². The lowest BCUT2D eigenvalue weighted by Gasteiger charge is -2.35. The van der Waals surface area contributed by atoms with Gasteiger partial charge < -0.3 is 10.6 Å². The van der Waals surface area contributed by atoms with Gasteiger partial charge in [-0.05, 0) is 5.56 Å². The molecule has 0 aliphatic carbocycles. The van der Waals surface area contributed by atoms with E-state index in [4.69, 9.17) is 0 Å². The molecule has 1 aromatic rings. The zero-order valence-corrected chi connectivity index (χ0v) is 14.6. The maximum absolute atomic E-state index is 13.2. The van der Waals surface area contributed by atoms with Crippen molar-refractivity contribution in [3.8, 4) is 0 Å². The van der Waals surface area contributed by atoms with E-state index in [-0.39, 0.29) is 37.6 Å². The van der Waals surface area contributed by atoms with Gasteiger partial charge in [-0.25, -0.2) is 0 Å². The number of nitro benzene ring substituents is 1. The molecular weight excluding hydrogens is 377 g/mol. The first-order valence-corrected chi connectivity index (χ1v) is 7.79. The van der Waals surface area contributed by atoms with Gasteiger partial charge in [-0.1, -0.05) is 12.1 Å². The zero-order chi connectivity index (χ0) is 18.4. The van der Waals surface area contributed by atoms with Crippen molar-refractivity contribution in [3.63, 3.8) is 0 Å². The molecule has 2 N–H and O–H groups in total. The number of benzene rings is 1. The molecule has 0 aromatic heterocycles. The number of nitro groups is 1. The third-order valence-electron chi connectivity index (χ3n) is 3.95. The molecule has 0 spiro atoms. The van der Waals surface area contributed by atoms with E-state index in [1.807, 2.05) is 0 Å². The molecule has 1 amide bonds. The highest BCUT2D eigenvalue weighted by Crippen LogP contribution is 2.24. The van der Waals surface area contributed by atoms with Crippen molar-refractivity contribution in [1.82, 2.24) is 15.5 Å². The molecule has 0 bridgehead atoms. The van der Waals surface area contributed by atoms with Crippen LogP contribution in [0.2, 0.25) is 0 Å². The van der Waals surface area contributed by atoms with Crippen molar-refractivity contribution in [2.45, 2.75) is 18.6 Å². The van der Waals surface area contributed by atoms with Gasteiger partial charge in [-0.3, -0.25) is 19.8 Å². The average molecular weight is 397 g/mol. The fourth-order valence-electron chi connectivity index (χ4n) is 2.68. The predicted molar refractivity (Wildman–Crippen MR) is 91.3 cm³/mol. The molecule has 1 saturated heterocycles. The topological polar surface area (TPSA) is 87.5 Å². The van der Waals surface area contributed by atoms with Crippen LogP contribution in [-0.4, -0.2) is 60.7 Å². The first-order chi connectivity index (χ1) is 11.8. The number of nitrogens with zero attached hydrogens (tertiary/aromatic N) is 2. The van der Waals surface area contributed by atoms with Gasteiger partial charge in [0, 0.05) is 44.9 Å². The number of nitrogens with one attached hydrogen (secondary N) is 2. The number of alkyl halides is 3. The van der Waals surface area contributed by atoms with E-state index in [1.165, 1.54) is 29.2 Å². The molecule has 0 radical (unpaired) electrons. The minimum absolute atomic E-state index is 0. The molecule has 1 aliphatic heterocycles. The lowest BCUT2D eigenvalue weighted by molar-refractivity contribution is -0.384. The van der Waals surface area contributed by atoms with Gasteiger partial charge in [0.05, 0.1) is 11.3 Å². The predicted octanol–water partition coefficient (Wildman–Crippen LogP) is 1.51. The van der Waals surface area contributed by atoms with Crippen LogP contribution in [0.15, 0.2) is 24.3 Å². The van der Waals surface area contributed by atoms with E-state index in [9.17, 15) is 28.1 Å². The number of hydrogen-bond donors (Lipinski definition) is 2. The maximum Gasteiger partial charge on any atom is 0.405 e. The molecule has 2 rings (SSSR count). The largest absolute Gasteiger partial charge is 0.405 e. The molecule has 1 aliphatic rings. The van der Waals surface area contributed by atoms with E-state index in [1.54, 1.807) is 0 Å². The number of piperazine rings is 1. The molecule has 26 heavy (non-hydrogen) atoms. The molecule has 1 fully saturated rings. The number of non-ortho nitro benzene ring substituents is 1. The van der Waals surface area contributed by atoms with Gasteiger partial charge in [0.1, 0.15) is 6.04 Å². The minimum atomic E-state index is -4.45. The van der Waals surface area contributed by atoms with E-state index < -0.39 is 29.6 Å². The summed E-state index contributed by atoms with van der Waals surface area (Å²) < 4.78 is 39.7.